The number of hydrogen-bond donors (Lipinski definition) is 2. The minimum absolute atomic E-state index is 0.0661. The van der Waals surface area contributed by atoms with Crippen LogP contribution in [0.2, 0.25) is 0 Å². The standard InChI is InChI=1S/C18H25N3O3/c1-3-19-8-10-20(11-9-19)16-13-17(22)21(18(16)23)14-6-5-7-15(12-14)24-4-2/h5-7,12,16H,3-4,8-11,13H2,1-2H3/p+2. The number of nitrogens with zero attached hydrogens (tertiary/aromatic N) is 1. The van der Waals surface area contributed by atoms with E-state index in [1.165, 1.54) is 9.80 Å². The van der Waals surface area contributed by atoms with Crippen molar-refractivity contribution >= 4 is 17.5 Å². The average molecular weight is 333 g/mol. The maximum atomic E-state index is 12.9. The van der Waals surface area contributed by atoms with Crippen LogP contribution in [0.25, 0.3) is 0 Å². The second-order valence-corrected chi connectivity index (χ2v) is 6.52. The fraction of sp³-hybridized carbons (Fsp3) is 0.556. The van der Waals surface area contributed by atoms with Gasteiger partial charge in [-0.05, 0) is 26.0 Å². The number of anilines is 1. The van der Waals surface area contributed by atoms with E-state index in [2.05, 4.69) is 6.92 Å². The number of amides is 2. The third-order valence-electron chi connectivity index (χ3n) is 5.13. The Morgan fingerprint density at radius 3 is 2.58 bits per heavy atom. The Balaban J connectivity index is 1.73. The Morgan fingerprint density at radius 2 is 1.92 bits per heavy atom. The maximum absolute atomic E-state index is 12.9. The largest absolute Gasteiger partial charge is 0.494 e. The summed E-state index contributed by atoms with van der Waals surface area (Å²) in [4.78, 5) is 29.5. The lowest BCUT2D eigenvalue weighted by Gasteiger charge is -2.31. The first-order valence-electron chi connectivity index (χ1n) is 8.91. The number of carbonyl (C=O) groups excluding carboxylic acids is 2. The van der Waals surface area contributed by atoms with Crippen molar-refractivity contribution in [2.75, 3.05) is 44.2 Å². The second-order valence-electron chi connectivity index (χ2n) is 6.52. The van der Waals surface area contributed by atoms with Crippen molar-refractivity contribution in [3.8, 4) is 5.75 Å². The van der Waals surface area contributed by atoms with Gasteiger partial charge in [-0.25, -0.2) is 4.90 Å². The molecule has 0 spiro atoms. The molecule has 0 saturated carbocycles. The molecule has 3 rings (SSSR count). The summed E-state index contributed by atoms with van der Waals surface area (Å²) < 4.78 is 5.49. The third-order valence-corrected chi connectivity index (χ3v) is 5.13. The number of ether oxygens (including phenoxy) is 1. The molecule has 6 heteroatoms. The van der Waals surface area contributed by atoms with Gasteiger partial charge in [-0.3, -0.25) is 9.59 Å². The van der Waals surface area contributed by atoms with Crippen molar-refractivity contribution in [2.24, 2.45) is 0 Å². The molecule has 2 aliphatic heterocycles. The van der Waals surface area contributed by atoms with Gasteiger partial charge in [-0.2, -0.15) is 0 Å². The predicted octanol–water partition coefficient (Wildman–Crippen LogP) is -1.48. The van der Waals surface area contributed by atoms with Crippen molar-refractivity contribution < 1.29 is 24.1 Å². The van der Waals surface area contributed by atoms with Crippen molar-refractivity contribution in [1.29, 1.82) is 0 Å². The fourth-order valence-corrected chi connectivity index (χ4v) is 3.73. The molecule has 0 aromatic heterocycles. The topological polar surface area (TPSA) is 55.5 Å². The van der Waals surface area contributed by atoms with Crippen LogP contribution in [0.3, 0.4) is 0 Å². The lowest BCUT2D eigenvalue weighted by Crippen LogP contribution is -3.29. The van der Waals surface area contributed by atoms with E-state index in [0.717, 1.165) is 32.7 Å². The number of quaternary nitrogens is 2. The summed E-state index contributed by atoms with van der Waals surface area (Å²) in [5, 5.41) is 0. The summed E-state index contributed by atoms with van der Waals surface area (Å²) in [6, 6.07) is 7.01. The summed E-state index contributed by atoms with van der Waals surface area (Å²) in [6.07, 6.45) is 0.314. The van der Waals surface area contributed by atoms with Gasteiger partial charge in [0.1, 0.15) is 31.9 Å². The van der Waals surface area contributed by atoms with Crippen LogP contribution >= 0.6 is 0 Å². The van der Waals surface area contributed by atoms with Crippen LogP contribution in [-0.2, 0) is 9.59 Å². The molecule has 2 aliphatic rings. The molecule has 1 atom stereocenters. The minimum Gasteiger partial charge on any atom is -0.494 e. The van der Waals surface area contributed by atoms with E-state index >= 15 is 0 Å². The zero-order valence-electron chi connectivity index (χ0n) is 14.5. The van der Waals surface area contributed by atoms with Crippen LogP contribution in [0, 0.1) is 0 Å². The highest BCUT2D eigenvalue weighted by atomic mass is 16.5. The number of likely N-dealkylation sites (N-methyl/N-ethyl adjacent to an activating group) is 1. The van der Waals surface area contributed by atoms with Crippen LogP contribution in [0.1, 0.15) is 20.3 Å². The van der Waals surface area contributed by atoms with E-state index in [0.29, 0.717) is 24.5 Å². The lowest BCUT2D eigenvalue weighted by atomic mass is 10.1. The maximum Gasteiger partial charge on any atom is 0.292 e. The van der Waals surface area contributed by atoms with Gasteiger partial charge in [0.2, 0.25) is 5.91 Å². The van der Waals surface area contributed by atoms with Gasteiger partial charge >= 0.3 is 0 Å². The molecule has 2 amide bonds. The molecule has 130 valence electrons. The molecule has 24 heavy (non-hydrogen) atoms. The number of nitrogens with one attached hydrogen (secondary N) is 2. The summed E-state index contributed by atoms with van der Waals surface area (Å²) >= 11 is 0. The number of piperazine rings is 1. The van der Waals surface area contributed by atoms with Crippen LogP contribution < -0.4 is 19.4 Å². The molecule has 0 bridgehead atoms. The molecule has 1 aromatic rings. The summed E-state index contributed by atoms with van der Waals surface area (Å²) in [5.74, 6) is 0.520. The fourth-order valence-electron chi connectivity index (χ4n) is 3.73. The van der Waals surface area contributed by atoms with E-state index in [1.807, 2.05) is 19.1 Å². The summed E-state index contributed by atoms with van der Waals surface area (Å²) in [7, 11) is 0. The molecular formula is C18H27N3O3+2. The number of hydrogen-bond acceptors (Lipinski definition) is 3. The van der Waals surface area contributed by atoms with E-state index in [9.17, 15) is 9.59 Å². The Bertz CT molecular complexity index is 611. The van der Waals surface area contributed by atoms with Crippen molar-refractivity contribution in [1.82, 2.24) is 0 Å². The average Bonchev–Trinajstić information content (AvgIpc) is 2.90. The molecule has 1 unspecified atom stereocenters. The van der Waals surface area contributed by atoms with Gasteiger partial charge in [0, 0.05) is 6.07 Å². The molecule has 6 nitrogen and oxygen atoms in total. The normalized spacial score (nSPS) is 27.6. The van der Waals surface area contributed by atoms with Gasteiger partial charge in [-0.1, -0.05) is 6.07 Å². The molecule has 2 N–H and O–H groups in total. The Labute approximate surface area is 143 Å². The lowest BCUT2D eigenvalue weighted by molar-refractivity contribution is -1.02. The van der Waals surface area contributed by atoms with Crippen molar-refractivity contribution in [2.45, 2.75) is 26.3 Å². The number of imide groups is 1. The van der Waals surface area contributed by atoms with Gasteiger partial charge in [-0.15, -0.1) is 0 Å². The van der Waals surface area contributed by atoms with Crippen LogP contribution in [0.5, 0.6) is 5.75 Å². The SMILES string of the molecule is CCOc1cccc(N2C(=O)CC([NH+]3CC[NH+](CC)CC3)C2=O)c1. The number of carbonyl (C=O) groups is 2. The highest BCUT2D eigenvalue weighted by Gasteiger charge is 2.46. The first kappa shape index (κ1) is 16.9. The van der Waals surface area contributed by atoms with Gasteiger partial charge in [0.15, 0.2) is 6.04 Å². The molecule has 0 radical (unpaired) electrons. The van der Waals surface area contributed by atoms with Gasteiger partial charge in [0.25, 0.3) is 5.91 Å². The first-order chi connectivity index (χ1) is 11.6. The Hall–Kier alpha value is -1.92. The highest BCUT2D eigenvalue weighted by molar-refractivity contribution is 6.21. The molecule has 2 heterocycles. The van der Waals surface area contributed by atoms with Gasteiger partial charge in [0.05, 0.1) is 25.3 Å². The monoisotopic (exact) mass is 333 g/mol. The molecule has 2 saturated heterocycles. The first-order valence-corrected chi connectivity index (χ1v) is 8.91. The smallest absolute Gasteiger partial charge is 0.292 e. The van der Waals surface area contributed by atoms with E-state index in [4.69, 9.17) is 4.74 Å². The molecular weight excluding hydrogens is 306 g/mol. The molecule has 0 aliphatic carbocycles. The summed E-state index contributed by atoms with van der Waals surface area (Å²) in [6.45, 7) is 9.85. The predicted molar refractivity (Wildman–Crippen MR) is 90.4 cm³/mol. The zero-order valence-corrected chi connectivity index (χ0v) is 14.5. The Kier molecular flexibility index (Phi) is 5.16. The molecule has 2 fully saturated rings. The van der Waals surface area contributed by atoms with Crippen LogP contribution in [0.15, 0.2) is 24.3 Å². The van der Waals surface area contributed by atoms with E-state index in [-0.39, 0.29) is 17.9 Å². The number of rotatable bonds is 5. The summed E-state index contributed by atoms with van der Waals surface area (Å²) in [5.41, 5.74) is 0.621. The van der Waals surface area contributed by atoms with Crippen LogP contribution in [0.4, 0.5) is 5.69 Å². The zero-order chi connectivity index (χ0) is 17.1. The van der Waals surface area contributed by atoms with E-state index in [1.54, 1.807) is 17.0 Å². The quantitative estimate of drug-likeness (QED) is 0.647. The number of benzene rings is 1. The third kappa shape index (κ3) is 3.30. The van der Waals surface area contributed by atoms with Crippen molar-refractivity contribution in [3.63, 3.8) is 0 Å². The second kappa shape index (κ2) is 7.32. The van der Waals surface area contributed by atoms with Gasteiger partial charge < -0.3 is 14.5 Å². The molecule has 1 aromatic carbocycles. The highest BCUT2D eigenvalue weighted by Crippen LogP contribution is 2.25. The Morgan fingerprint density at radius 1 is 1.17 bits per heavy atom. The van der Waals surface area contributed by atoms with E-state index < -0.39 is 0 Å². The van der Waals surface area contributed by atoms with Crippen LogP contribution in [-0.4, -0.2) is 57.2 Å². The minimum atomic E-state index is -0.230. The van der Waals surface area contributed by atoms with Crippen molar-refractivity contribution in [3.05, 3.63) is 24.3 Å².